The quantitative estimate of drug-likeness (QED) is 0.149. The lowest BCUT2D eigenvalue weighted by Gasteiger charge is -2.35. The Morgan fingerprint density at radius 1 is 0.909 bits per heavy atom. The lowest BCUT2D eigenvalue weighted by Crippen LogP contribution is -2.49. The number of amides is 1. The first-order valence-corrected chi connectivity index (χ1v) is 14.8. The molecule has 0 radical (unpaired) electrons. The minimum Gasteiger partial charge on any atom is -0.447 e. The molecule has 1 aliphatic heterocycles. The highest BCUT2D eigenvalue weighted by Crippen LogP contribution is 2.32. The van der Waals surface area contributed by atoms with E-state index in [2.05, 4.69) is 15.2 Å². The number of carbonyl (C=O) groups excluding carboxylic acids is 1. The third-order valence-corrected chi connectivity index (χ3v) is 8.11. The van der Waals surface area contributed by atoms with Crippen LogP contribution in [0.1, 0.15) is 33.3 Å². The number of rotatable bonds is 8. The van der Waals surface area contributed by atoms with Crippen LogP contribution in [-0.2, 0) is 18.3 Å². The van der Waals surface area contributed by atoms with Crippen molar-refractivity contribution in [1.82, 2.24) is 24.6 Å². The maximum atomic E-state index is 14.2. The van der Waals surface area contributed by atoms with E-state index in [-0.39, 0.29) is 34.7 Å². The Morgan fingerprint density at radius 3 is 2.41 bits per heavy atom. The van der Waals surface area contributed by atoms with Crippen molar-refractivity contribution < 1.29 is 26.8 Å². The lowest BCUT2D eigenvalue weighted by atomic mass is 10.1. The Labute approximate surface area is 254 Å². The van der Waals surface area contributed by atoms with Gasteiger partial charge in [-0.1, -0.05) is 60.3 Å². The second-order valence-corrected chi connectivity index (χ2v) is 11.0. The minimum absolute atomic E-state index is 0.143. The van der Waals surface area contributed by atoms with Crippen LogP contribution in [0, 0.1) is 5.82 Å². The van der Waals surface area contributed by atoms with E-state index in [1.54, 1.807) is 33.7 Å². The molecule has 3 heterocycles. The molecule has 44 heavy (non-hydrogen) atoms. The zero-order chi connectivity index (χ0) is 30.7. The second kappa shape index (κ2) is 12.5. The van der Waals surface area contributed by atoms with Gasteiger partial charge in [0.15, 0.2) is 10.9 Å². The molecule has 0 N–H and O–H groups in total. The molecule has 1 saturated heterocycles. The van der Waals surface area contributed by atoms with Crippen LogP contribution < -0.4 is 4.90 Å². The summed E-state index contributed by atoms with van der Waals surface area (Å²) in [7, 11) is 0. The van der Waals surface area contributed by atoms with E-state index in [1.165, 1.54) is 30.2 Å². The Hall–Kier alpha value is -4.65. The maximum absolute atomic E-state index is 14.2. The van der Waals surface area contributed by atoms with Crippen LogP contribution in [0.25, 0.3) is 5.69 Å². The Balaban J connectivity index is 1.16. The van der Waals surface area contributed by atoms with Gasteiger partial charge in [-0.05, 0) is 35.9 Å². The van der Waals surface area contributed by atoms with Gasteiger partial charge in [0.25, 0.3) is 5.91 Å². The number of oxazole rings is 1. The summed E-state index contributed by atoms with van der Waals surface area (Å²) in [6.45, 7) is 1.75. The van der Waals surface area contributed by atoms with Crippen LogP contribution in [0.2, 0.25) is 0 Å². The molecule has 0 saturated carbocycles. The summed E-state index contributed by atoms with van der Waals surface area (Å²) in [5.74, 6) is 0.288. The van der Waals surface area contributed by atoms with Crippen molar-refractivity contribution in [2.24, 2.45) is 0 Å². The number of benzene rings is 3. The van der Waals surface area contributed by atoms with Crippen LogP contribution in [0.5, 0.6) is 0 Å². The molecule has 6 rings (SSSR count). The zero-order valence-electron chi connectivity index (χ0n) is 23.2. The number of alkyl halides is 3. The van der Waals surface area contributed by atoms with Crippen LogP contribution in [0.4, 0.5) is 23.2 Å². The van der Waals surface area contributed by atoms with Crippen LogP contribution in [0.3, 0.4) is 0 Å². The van der Waals surface area contributed by atoms with Crippen molar-refractivity contribution in [1.29, 1.82) is 0 Å². The molecule has 8 nitrogen and oxygen atoms in total. The predicted octanol–water partition coefficient (Wildman–Crippen LogP) is 6.26. The van der Waals surface area contributed by atoms with E-state index in [1.807, 2.05) is 35.2 Å². The number of hydrogen-bond acceptors (Lipinski definition) is 7. The summed E-state index contributed by atoms with van der Waals surface area (Å²) in [6, 6.07) is 21.0. The SMILES string of the molecule is O=C(c1coc(CSc2nnc(Cc3ccccc3)n2-c2cccc(C(F)(F)F)c2)n1)N1CCN(c2ccccc2F)CC1. The van der Waals surface area contributed by atoms with Gasteiger partial charge < -0.3 is 14.2 Å². The Kier molecular flexibility index (Phi) is 8.38. The Bertz CT molecular complexity index is 1750. The van der Waals surface area contributed by atoms with Gasteiger partial charge in [-0.15, -0.1) is 10.2 Å². The highest BCUT2D eigenvalue weighted by molar-refractivity contribution is 7.98. The smallest absolute Gasteiger partial charge is 0.416 e. The molecule has 1 aliphatic rings. The van der Waals surface area contributed by atoms with E-state index >= 15 is 0 Å². The van der Waals surface area contributed by atoms with E-state index in [9.17, 15) is 22.4 Å². The number of aromatic nitrogens is 4. The molecule has 1 fully saturated rings. The fraction of sp³-hybridized carbons (Fsp3) is 0.226. The molecule has 0 spiro atoms. The van der Waals surface area contributed by atoms with E-state index in [0.717, 1.165) is 17.7 Å². The monoisotopic (exact) mass is 622 g/mol. The van der Waals surface area contributed by atoms with Gasteiger partial charge in [0, 0.05) is 32.6 Å². The average molecular weight is 623 g/mol. The first kappa shape index (κ1) is 29.4. The zero-order valence-corrected chi connectivity index (χ0v) is 24.1. The number of hydrogen-bond donors (Lipinski definition) is 0. The molecule has 0 unspecified atom stereocenters. The first-order chi connectivity index (χ1) is 21.3. The summed E-state index contributed by atoms with van der Waals surface area (Å²) >= 11 is 1.18. The number of para-hydroxylation sites is 1. The number of nitrogens with zero attached hydrogens (tertiary/aromatic N) is 6. The van der Waals surface area contributed by atoms with E-state index in [4.69, 9.17) is 4.42 Å². The fourth-order valence-corrected chi connectivity index (χ4v) is 5.81. The van der Waals surface area contributed by atoms with Crippen LogP contribution in [0.15, 0.2) is 94.7 Å². The largest absolute Gasteiger partial charge is 0.447 e. The number of thioether (sulfide) groups is 1. The highest BCUT2D eigenvalue weighted by atomic mass is 32.2. The molecular weight excluding hydrogens is 596 g/mol. The summed E-state index contributed by atoms with van der Waals surface area (Å²) in [6.07, 6.45) is -2.87. The number of piperazine rings is 1. The van der Waals surface area contributed by atoms with Gasteiger partial charge in [-0.3, -0.25) is 9.36 Å². The van der Waals surface area contributed by atoms with E-state index < -0.39 is 11.7 Å². The van der Waals surface area contributed by atoms with Crippen molar-refractivity contribution >= 4 is 23.4 Å². The standard InChI is InChI=1S/C31H26F4N6O2S/c32-24-11-4-5-12-26(24)39-13-15-40(16-14-39)29(42)25-19-43-28(36-25)20-44-30-38-37-27(17-21-7-2-1-3-8-21)41(30)23-10-6-9-22(18-23)31(33,34)35/h1-12,18-19H,13-17,20H2. The summed E-state index contributed by atoms with van der Waals surface area (Å²) in [5, 5.41) is 8.91. The maximum Gasteiger partial charge on any atom is 0.416 e. The molecular formula is C31H26F4N6O2S. The lowest BCUT2D eigenvalue weighted by molar-refractivity contribution is -0.137. The molecule has 1 amide bonds. The second-order valence-electron chi connectivity index (χ2n) is 10.1. The van der Waals surface area contributed by atoms with Crippen molar-refractivity contribution in [3.8, 4) is 5.69 Å². The topological polar surface area (TPSA) is 80.3 Å². The van der Waals surface area contributed by atoms with Crippen LogP contribution in [-0.4, -0.2) is 56.7 Å². The molecule has 3 aromatic carbocycles. The fourth-order valence-electron chi connectivity index (χ4n) is 4.99. The van der Waals surface area contributed by atoms with Gasteiger partial charge >= 0.3 is 6.18 Å². The van der Waals surface area contributed by atoms with Gasteiger partial charge in [0.2, 0.25) is 5.89 Å². The van der Waals surface area contributed by atoms with Crippen molar-refractivity contribution in [3.05, 3.63) is 119 Å². The summed E-state index contributed by atoms with van der Waals surface area (Å²) < 4.78 is 61.9. The highest BCUT2D eigenvalue weighted by Gasteiger charge is 2.31. The van der Waals surface area contributed by atoms with E-state index in [0.29, 0.717) is 49.3 Å². The minimum atomic E-state index is -4.51. The van der Waals surface area contributed by atoms with Gasteiger partial charge in [-0.25, -0.2) is 9.37 Å². The molecule has 0 bridgehead atoms. The molecule has 13 heteroatoms. The third kappa shape index (κ3) is 6.47. The molecule has 226 valence electrons. The number of anilines is 1. The summed E-state index contributed by atoms with van der Waals surface area (Å²) in [5.41, 5.74) is 1.07. The van der Waals surface area contributed by atoms with Crippen LogP contribution >= 0.6 is 11.8 Å². The number of halogens is 4. The van der Waals surface area contributed by atoms with Crippen molar-refractivity contribution in [3.63, 3.8) is 0 Å². The average Bonchev–Trinajstić information content (AvgIpc) is 3.67. The van der Waals surface area contributed by atoms with Crippen molar-refractivity contribution in [2.45, 2.75) is 23.5 Å². The predicted molar refractivity (Wildman–Crippen MR) is 156 cm³/mol. The first-order valence-electron chi connectivity index (χ1n) is 13.8. The van der Waals surface area contributed by atoms with Gasteiger partial charge in [0.1, 0.15) is 17.9 Å². The third-order valence-electron chi connectivity index (χ3n) is 7.19. The molecule has 2 aromatic heterocycles. The normalized spacial score (nSPS) is 13.8. The summed E-state index contributed by atoms with van der Waals surface area (Å²) in [4.78, 5) is 21.0. The number of carbonyl (C=O) groups is 1. The molecule has 0 atom stereocenters. The molecule has 0 aliphatic carbocycles. The Morgan fingerprint density at radius 2 is 1.66 bits per heavy atom. The molecule has 5 aromatic rings. The van der Waals surface area contributed by atoms with Crippen molar-refractivity contribution in [2.75, 3.05) is 31.1 Å². The van der Waals surface area contributed by atoms with Gasteiger partial charge in [0.05, 0.1) is 22.7 Å². The van der Waals surface area contributed by atoms with Gasteiger partial charge in [-0.2, -0.15) is 13.2 Å².